The standard InChI is InChI=1S/C25H23N7O3/c1-14(13-33)31-8-5-17(6-9-31)32-22-18(24(34)30-25(32)35)12-27-20-3-2-19(29-21(20)22)16-10-15-4-7-26-23(15)28-11-16/h2-4,7,10-12,17,33H,1,5-6,8-9,13H2,(H,26,28)(H,30,34,35). The molecule has 35 heavy (non-hydrogen) atoms. The van der Waals surface area contributed by atoms with Crippen molar-refractivity contribution in [3.05, 3.63) is 76.0 Å². The Hall–Kier alpha value is -4.31. The first-order chi connectivity index (χ1) is 17.0. The molecule has 3 N–H and O–H groups in total. The van der Waals surface area contributed by atoms with Gasteiger partial charge in [0, 0.05) is 54.4 Å². The smallest absolute Gasteiger partial charge is 0.329 e. The van der Waals surface area contributed by atoms with Crippen molar-refractivity contribution >= 4 is 33.0 Å². The van der Waals surface area contributed by atoms with E-state index in [2.05, 4.69) is 26.5 Å². The van der Waals surface area contributed by atoms with E-state index in [0.717, 1.165) is 16.6 Å². The van der Waals surface area contributed by atoms with E-state index in [4.69, 9.17) is 4.98 Å². The molecule has 5 aromatic heterocycles. The Labute approximate surface area is 198 Å². The number of H-pyrrole nitrogens is 2. The fourth-order valence-electron chi connectivity index (χ4n) is 4.92. The quantitative estimate of drug-likeness (QED) is 0.344. The largest absolute Gasteiger partial charge is 0.390 e. The van der Waals surface area contributed by atoms with Crippen LogP contribution in [0, 0.1) is 0 Å². The van der Waals surface area contributed by atoms with Gasteiger partial charge in [-0.15, -0.1) is 0 Å². The maximum Gasteiger partial charge on any atom is 0.329 e. The van der Waals surface area contributed by atoms with Gasteiger partial charge >= 0.3 is 5.69 Å². The van der Waals surface area contributed by atoms with Gasteiger partial charge in [-0.25, -0.2) is 14.8 Å². The van der Waals surface area contributed by atoms with Gasteiger partial charge in [0.15, 0.2) is 0 Å². The average molecular weight is 470 g/mol. The molecule has 1 aliphatic rings. The second-order valence-corrected chi connectivity index (χ2v) is 8.80. The van der Waals surface area contributed by atoms with Crippen molar-refractivity contribution < 1.29 is 5.11 Å². The second-order valence-electron chi connectivity index (χ2n) is 8.80. The number of hydrogen-bond acceptors (Lipinski definition) is 7. The molecule has 0 bridgehead atoms. The lowest BCUT2D eigenvalue weighted by atomic mass is 10.0. The number of piperidine rings is 1. The van der Waals surface area contributed by atoms with E-state index < -0.39 is 11.2 Å². The summed E-state index contributed by atoms with van der Waals surface area (Å²) in [5, 5.41) is 10.7. The van der Waals surface area contributed by atoms with Crippen LogP contribution in [0.5, 0.6) is 0 Å². The van der Waals surface area contributed by atoms with Crippen molar-refractivity contribution in [2.75, 3.05) is 19.7 Å². The maximum absolute atomic E-state index is 13.1. The minimum Gasteiger partial charge on any atom is -0.390 e. The molecule has 1 saturated heterocycles. The number of hydrogen-bond donors (Lipinski definition) is 3. The van der Waals surface area contributed by atoms with E-state index in [-0.39, 0.29) is 12.6 Å². The molecule has 10 nitrogen and oxygen atoms in total. The molecule has 0 amide bonds. The summed E-state index contributed by atoms with van der Waals surface area (Å²) < 4.78 is 1.66. The molecule has 0 saturated carbocycles. The van der Waals surface area contributed by atoms with Gasteiger partial charge < -0.3 is 15.0 Å². The first-order valence-corrected chi connectivity index (χ1v) is 11.4. The zero-order chi connectivity index (χ0) is 24.1. The van der Waals surface area contributed by atoms with Gasteiger partial charge in [-0.3, -0.25) is 19.3 Å². The average Bonchev–Trinajstić information content (AvgIpc) is 3.36. The topological polar surface area (TPSA) is 133 Å². The van der Waals surface area contributed by atoms with Crippen LogP contribution in [-0.2, 0) is 0 Å². The van der Waals surface area contributed by atoms with Gasteiger partial charge in [0.1, 0.15) is 11.2 Å². The zero-order valence-electron chi connectivity index (χ0n) is 18.9. The lowest BCUT2D eigenvalue weighted by molar-refractivity contribution is 0.195. The Morgan fingerprint density at radius 3 is 2.77 bits per heavy atom. The Morgan fingerprint density at radius 2 is 1.97 bits per heavy atom. The number of nitrogens with one attached hydrogen (secondary N) is 2. The number of aliphatic hydroxyl groups is 1. The summed E-state index contributed by atoms with van der Waals surface area (Å²) in [6, 6.07) is 7.51. The summed E-state index contributed by atoms with van der Waals surface area (Å²) in [6.45, 7) is 5.11. The Bertz CT molecular complexity index is 1720. The Balaban J connectivity index is 1.53. The first-order valence-electron chi connectivity index (χ1n) is 11.4. The summed E-state index contributed by atoms with van der Waals surface area (Å²) in [6.07, 6.45) is 6.41. The highest BCUT2D eigenvalue weighted by atomic mass is 16.3. The van der Waals surface area contributed by atoms with E-state index in [1.807, 2.05) is 35.4 Å². The third-order valence-corrected chi connectivity index (χ3v) is 6.77. The number of fused-ring (bicyclic) bond motifs is 4. The van der Waals surface area contributed by atoms with Crippen LogP contribution in [0.3, 0.4) is 0 Å². The van der Waals surface area contributed by atoms with Crippen LogP contribution in [0.25, 0.3) is 44.2 Å². The lowest BCUT2D eigenvalue weighted by Gasteiger charge is -2.35. The van der Waals surface area contributed by atoms with E-state index in [1.54, 1.807) is 10.8 Å². The summed E-state index contributed by atoms with van der Waals surface area (Å²) in [4.78, 5) is 47.2. The molecule has 0 aromatic carbocycles. The number of aliphatic hydroxyl groups excluding tert-OH is 1. The maximum atomic E-state index is 13.1. The van der Waals surface area contributed by atoms with Crippen molar-refractivity contribution in [2.45, 2.75) is 18.9 Å². The highest BCUT2D eigenvalue weighted by Gasteiger charge is 2.25. The highest BCUT2D eigenvalue weighted by Crippen LogP contribution is 2.29. The monoisotopic (exact) mass is 469 g/mol. The number of pyridine rings is 3. The highest BCUT2D eigenvalue weighted by molar-refractivity contribution is 6.01. The summed E-state index contributed by atoms with van der Waals surface area (Å²) in [7, 11) is 0. The van der Waals surface area contributed by atoms with Gasteiger partial charge in [0.25, 0.3) is 5.56 Å². The molecule has 10 heteroatoms. The number of rotatable bonds is 4. The van der Waals surface area contributed by atoms with Crippen LogP contribution in [0.2, 0.25) is 0 Å². The minimum absolute atomic E-state index is 0.0986. The summed E-state index contributed by atoms with van der Waals surface area (Å²) in [5.74, 6) is 0. The molecule has 1 aliphatic heterocycles. The minimum atomic E-state index is -0.482. The summed E-state index contributed by atoms with van der Waals surface area (Å²) >= 11 is 0. The third kappa shape index (κ3) is 3.50. The molecule has 176 valence electrons. The van der Waals surface area contributed by atoms with Crippen LogP contribution < -0.4 is 11.2 Å². The molecule has 0 unspecified atom stereocenters. The molecule has 0 atom stereocenters. The van der Waals surface area contributed by atoms with Gasteiger partial charge in [-0.2, -0.15) is 0 Å². The molecular weight excluding hydrogens is 446 g/mol. The number of aromatic amines is 2. The fourth-order valence-corrected chi connectivity index (χ4v) is 4.92. The van der Waals surface area contributed by atoms with Crippen molar-refractivity contribution in [1.29, 1.82) is 0 Å². The molecule has 6 rings (SSSR count). The first kappa shape index (κ1) is 21.2. The van der Waals surface area contributed by atoms with Crippen LogP contribution in [0.4, 0.5) is 0 Å². The lowest BCUT2D eigenvalue weighted by Crippen LogP contribution is -2.40. The number of aromatic nitrogens is 6. The number of nitrogens with zero attached hydrogens (tertiary/aromatic N) is 5. The Morgan fingerprint density at radius 1 is 1.14 bits per heavy atom. The normalized spacial score (nSPS) is 14.8. The van der Waals surface area contributed by atoms with E-state index in [1.165, 1.54) is 6.20 Å². The molecule has 0 spiro atoms. The van der Waals surface area contributed by atoms with Crippen LogP contribution in [-0.4, -0.2) is 59.2 Å². The van der Waals surface area contributed by atoms with Gasteiger partial charge in [0.2, 0.25) is 0 Å². The van der Waals surface area contributed by atoms with Crippen molar-refractivity contribution in [3.8, 4) is 11.3 Å². The van der Waals surface area contributed by atoms with E-state index in [0.29, 0.717) is 59.3 Å². The van der Waals surface area contributed by atoms with E-state index >= 15 is 0 Å². The van der Waals surface area contributed by atoms with Crippen molar-refractivity contribution in [2.24, 2.45) is 0 Å². The predicted octanol–water partition coefficient (Wildman–Crippen LogP) is 2.32. The van der Waals surface area contributed by atoms with Crippen molar-refractivity contribution in [1.82, 2.24) is 34.4 Å². The molecule has 5 aromatic rings. The molecule has 0 radical (unpaired) electrons. The zero-order valence-corrected chi connectivity index (χ0v) is 18.9. The van der Waals surface area contributed by atoms with Gasteiger partial charge in [-0.1, -0.05) is 6.58 Å². The van der Waals surface area contributed by atoms with E-state index in [9.17, 15) is 14.7 Å². The second kappa shape index (κ2) is 8.17. The molecule has 6 heterocycles. The van der Waals surface area contributed by atoms with Crippen molar-refractivity contribution in [3.63, 3.8) is 0 Å². The fraction of sp³-hybridized carbons (Fsp3) is 0.240. The van der Waals surface area contributed by atoms with Crippen LogP contribution >= 0.6 is 0 Å². The summed E-state index contributed by atoms with van der Waals surface area (Å²) in [5.41, 5.74) is 3.60. The van der Waals surface area contributed by atoms with Gasteiger partial charge in [-0.05, 0) is 37.1 Å². The SMILES string of the molecule is C=C(CO)N1CCC(n2c(=O)[nH]c(=O)c3cnc4ccc(-c5cnc6[nH]ccc6c5)nc4c32)CC1. The van der Waals surface area contributed by atoms with Gasteiger partial charge in [0.05, 0.1) is 28.7 Å². The van der Waals surface area contributed by atoms with Crippen LogP contribution in [0.1, 0.15) is 18.9 Å². The molecular formula is C25H23N7O3. The predicted molar refractivity (Wildman–Crippen MR) is 133 cm³/mol. The molecule has 1 fully saturated rings. The molecule has 0 aliphatic carbocycles. The van der Waals surface area contributed by atoms with Crippen LogP contribution in [0.15, 0.2) is 64.7 Å². The number of likely N-dealkylation sites (tertiary alicyclic amines) is 1. The third-order valence-electron chi connectivity index (χ3n) is 6.77. The Kier molecular flexibility index (Phi) is 4.96.